The molecule has 0 aromatic carbocycles. The Balaban J connectivity index is 2.10. The van der Waals surface area contributed by atoms with Crippen molar-refractivity contribution in [3.05, 3.63) is 0 Å². The highest BCUT2D eigenvalue weighted by molar-refractivity contribution is 4.82. The van der Waals surface area contributed by atoms with Gasteiger partial charge in [0.25, 0.3) is 0 Å². The van der Waals surface area contributed by atoms with Gasteiger partial charge < -0.3 is 10.2 Å². The lowest BCUT2D eigenvalue weighted by Crippen LogP contribution is -2.23. The van der Waals surface area contributed by atoms with E-state index in [0.717, 1.165) is 6.54 Å². The summed E-state index contributed by atoms with van der Waals surface area (Å²) in [5.41, 5.74) is 0. The summed E-state index contributed by atoms with van der Waals surface area (Å²) in [6.45, 7) is 4.48. The minimum Gasteiger partial charge on any atom is -0.389 e. The van der Waals surface area contributed by atoms with E-state index in [1.807, 2.05) is 0 Å². The number of β-amino-alcohol motifs (C(OH)–C–C–N with tert-alkyl or cyclic N) is 2. The maximum Gasteiger partial charge on any atom is 0.0938 e. The fourth-order valence-corrected chi connectivity index (χ4v) is 1.61. The van der Waals surface area contributed by atoms with Crippen molar-refractivity contribution in [1.29, 1.82) is 0 Å². The van der Waals surface area contributed by atoms with Crippen LogP contribution in [0.25, 0.3) is 0 Å². The molecule has 0 radical (unpaired) electrons. The highest BCUT2D eigenvalue weighted by Gasteiger charge is 2.28. The Morgan fingerprint density at radius 2 is 1.75 bits per heavy atom. The minimum absolute atomic E-state index is 0.522. The summed E-state index contributed by atoms with van der Waals surface area (Å²) in [6, 6.07) is 0. The van der Waals surface area contributed by atoms with Crippen LogP contribution < -0.4 is 0 Å². The van der Waals surface area contributed by atoms with Crippen LogP contribution in [0.5, 0.6) is 0 Å². The number of likely N-dealkylation sites (tertiary alicyclic amines) is 1. The summed E-state index contributed by atoms with van der Waals surface area (Å²) in [6.07, 6.45) is 2.59. The quantitative estimate of drug-likeness (QED) is 0.597. The average molecular weight is 173 g/mol. The molecule has 72 valence electrons. The molecule has 1 rings (SSSR count). The van der Waals surface area contributed by atoms with Crippen molar-refractivity contribution >= 4 is 0 Å². The molecular formula is C9H19NO2. The van der Waals surface area contributed by atoms with Crippen LogP contribution in [0.2, 0.25) is 0 Å². The first-order valence-electron chi connectivity index (χ1n) is 4.82. The second-order valence-corrected chi connectivity index (χ2v) is 3.60. The van der Waals surface area contributed by atoms with E-state index in [1.165, 1.54) is 19.3 Å². The van der Waals surface area contributed by atoms with Gasteiger partial charge in [-0.05, 0) is 13.0 Å². The predicted molar refractivity (Wildman–Crippen MR) is 48.0 cm³/mol. The number of nitrogens with zero attached hydrogens (tertiary/aromatic N) is 1. The number of unbranched alkanes of at least 4 members (excludes halogenated alkanes) is 2. The van der Waals surface area contributed by atoms with Gasteiger partial charge in [0.15, 0.2) is 0 Å². The predicted octanol–water partition coefficient (Wildman–Crippen LogP) is 0.214. The Kier molecular flexibility index (Phi) is 3.98. The summed E-state index contributed by atoms with van der Waals surface area (Å²) in [5.74, 6) is 0. The third kappa shape index (κ3) is 2.73. The van der Waals surface area contributed by atoms with Gasteiger partial charge in [-0.2, -0.15) is 0 Å². The zero-order valence-electron chi connectivity index (χ0n) is 7.74. The van der Waals surface area contributed by atoms with Gasteiger partial charge in [0.05, 0.1) is 12.2 Å². The maximum absolute atomic E-state index is 9.23. The van der Waals surface area contributed by atoms with E-state index in [1.54, 1.807) is 0 Å². The molecule has 1 aliphatic heterocycles. The van der Waals surface area contributed by atoms with Crippen molar-refractivity contribution in [3.8, 4) is 0 Å². The molecule has 1 aliphatic rings. The molecule has 1 fully saturated rings. The molecule has 0 aromatic rings. The first-order chi connectivity index (χ1) is 5.74. The standard InChI is InChI=1S/C9H19NO2/c1-2-3-4-5-10-6-8(11)9(12)7-10/h8-9,11-12H,2-7H2,1H3/t8-,9+. The highest BCUT2D eigenvalue weighted by Crippen LogP contribution is 2.10. The lowest BCUT2D eigenvalue weighted by Gasteiger charge is -2.13. The number of rotatable bonds is 4. The molecule has 2 N–H and O–H groups in total. The van der Waals surface area contributed by atoms with Crippen LogP contribution >= 0.6 is 0 Å². The van der Waals surface area contributed by atoms with E-state index in [2.05, 4.69) is 11.8 Å². The van der Waals surface area contributed by atoms with Crippen LogP contribution in [0.3, 0.4) is 0 Å². The fourth-order valence-electron chi connectivity index (χ4n) is 1.61. The molecule has 0 unspecified atom stereocenters. The number of aliphatic hydroxyl groups is 2. The summed E-state index contributed by atoms with van der Waals surface area (Å²) in [4.78, 5) is 2.13. The third-order valence-electron chi connectivity index (χ3n) is 2.41. The summed E-state index contributed by atoms with van der Waals surface area (Å²) in [5, 5.41) is 18.5. The molecule has 2 atom stereocenters. The van der Waals surface area contributed by atoms with Crippen molar-refractivity contribution in [3.63, 3.8) is 0 Å². The van der Waals surface area contributed by atoms with Crippen molar-refractivity contribution in [1.82, 2.24) is 4.90 Å². The van der Waals surface area contributed by atoms with Gasteiger partial charge in [-0.3, -0.25) is 4.90 Å². The first kappa shape index (κ1) is 9.96. The van der Waals surface area contributed by atoms with Crippen molar-refractivity contribution in [2.75, 3.05) is 19.6 Å². The van der Waals surface area contributed by atoms with Crippen molar-refractivity contribution < 1.29 is 10.2 Å². The van der Waals surface area contributed by atoms with Gasteiger partial charge in [0.2, 0.25) is 0 Å². The normalized spacial score (nSPS) is 31.2. The van der Waals surface area contributed by atoms with Gasteiger partial charge in [-0.15, -0.1) is 0 Å². The maximum atomic E-state index is 9.23. The number of hydrogen-bond donors (Lipinski definition) is 2. The van der Waals surface area contributed by atoms with Gasteiger partial charge in [-0.1, -0.05) is 19.8 Å². The van der Waals surface area contributed by atoms with Crippen LogP contribution in [-0.2, 0) is 0 Å². The lowest BCUT2D eigenvalue weighted by atomic mass is 10.2. The SMILES string of the molecule is CCCCCN1C[C@@H](O)[C@@H](O)C1. The monoisotopic (exact) mass is 173 g/mol. The van der Waals surface area contributed by atoms with Crippen molar-refractivity contribution in [2.24, 2.45) is 0 Å². The molecule has 3 heteroatoms. The minimum atomic E-state index is -0.522. The molecule has 12 heavy (non-hydrogen) atoms. The second kappa shape index (κ2) is 4.80. The topological polar surface area (TPSA) is 43.7 Å². The zero-order chi connectivity index (χ0) is 8.97. The molecule has 0 bridgehead atoms. The second-order valence-electron chi connectivity index (χ2n) is 3.60. The summed E-state index contributed by atoms with van der Waals surface area (Å²) >= 11 is 0. The molecule has 1 saturated heterocycles. The van der Waals surface area contributed by atoms with Gasteiger partial charge >= 0.3 is 0 Å². The molecular weight excluding hydrogens is 154 g/mol. The van der Waals surface area contributed by atoms with E-state index in [9.17, 15) is 10.2 Å². The van der Waals surface area contributed by atoms with Crippen LogP contribution in [0.15, 0.2) is 0 Å². The van der Waals surface area contributed by atoms with Crippen LogP contribution in [0.1, 0.15) is 26.2 Å². The van der Waals surface area contributed by atoms with E-state index >= 15 is 0 Å². The largest absolute Gasteiger partial charge is 0.389 e. The fraction of sp³-hybridized carbons (Fsp3) is 1.00. The van der Waals surface area contributed by atoms with E-state index in [0.29, 0.717) is 13.1 Å². The van der Waals surface area contributed by atoms with Crippen LogP contribution in [-0.4, -0.2) is 47.0 Å². The number of hydrogen-bond acceptors (Lipinski definition) is 3. The Hall–Kier alpha value is -0.120. The van der Waals surface area contributed by atoms with Gasteiger partial charge in [0.1, 0.15) is 0 Å². The summed E-state index contributed by atoms with van der Waals surface area (Å²) in [7, 11) is 0. The van der Waals surface area contributed by atoms with Crippen molar-refractivity contribution in [2.45, 2.75) is 38.4 Å². The van der Waals surface area contributed by atoms with Gasteiger partial charge in [0, 0.05) is 13.1 Å². The molecule has 3 nitrogen and oxygen atoms in total. The summed E-state index contributed by atoms with van der Waals surface area (Å²) < 4.78 is 0. The van der Waals surface area contributed by atoms with E-state index in [4.69, 9.17) is 0 Å². The van der Waals surface area contributed by atoms with Gasteiger partial charge in [-0.25, -0.2) is 0 Å². The molecule has 0 aromatic heterocycles. The molecule has 0 saturated carbocycles. The molecule has 0 spiro atoms. The Labute approximate surface area is 74.0 Å². The van der Waals surface area contributed by atoms with Crippen LogP contribution in [0.4, 0.5) is 0 Å². The van der Waals surface area contributed by atoms with E-state index < -0.39 is 12.2 Å². The molecule has 0 aliphatic carbocycles. The number of aliphatic hydroxyl groups excluding tert-OH is 2. The smallest absolute Gasteiger partial charge is 0.0938 e. The average Bonchev–Trinajstić information content (AvgIpc) is 2.32. The first-order valence-corrected chi connectivity index (χ1v) is 4.82. The Bertz CT molecular complexity index is 120. The van der Waals surface area contributed by atoms with Crippen LogP contribution in [0, 0.1) is 0 Å². The third-order valence-corrected chi connectivity index (χ3v) is 2.41. The lowest BCUT2D eigenvalue weighted by molar-refractivity contribution is 0.0572. The Morgan fingerprint density at radius 1 is 1.17 bits per heavy atom. The Morgan fingerprint density at radius 3 is 2.25 bits per heavy atom. The molecule has 1 heterocycles. The highest BCUT2D eigenvalue weighted by atomic mass is 16.3. The van der Waals surface area contributed by atoms with E-state index in [-0.39, 0.29) is 0 Å². The zero-order valence-corrected chi connectivity index (χ0v) is 7.74. The molecule has 0 amide bonds.